The summed E-state index contributed by atoms with van der Waals surface area (Å²) in [5, 5.41) is 14.2. The van der Waals surface area contributed by atoms with Crippen molar-refractivity contribution in [3.63, 3.8) is 0 Å². The normalized spacial score (nSPS) is 14.6. The molecule has 2 aromatic rings. The third-order valence-corrected chi connectivity index (χ3v) is 4.18. The molecule has 2 N–H and O–H groups in total. The molecule has 4 nitrogen and oxygen atoms in total. The Bertz CT molecular complexity index is 676. The molecule has 1 aliphatic heterocycles. The summed E-state index contributed by atoms with van der Waals surface area (Å²) >= 11 is 6.20. The number of carbonyl (C=O) groups is 1. The number of carboxylic acids is 1. The van der Waals surface area contributed by atoms with Crippen LogP contribution in [0, 0.1) is 6.92 Å². The third-order valence-electron chi connectivity index (χ3n) is 3.77. The molecule has 19 heavy (non-hydrogen) atoms. The Labute approximate surface area is 116 Å². The van der Waals surface area contributed by atoms with E-state index < -0.39 is 5.97 Å². The molecule has 0 bridgehead atoms. The van der Waals surface area contributed by atoms with Crippen LogP contribution in [0.4, 0.5) is 0 Å². The van der Waals surface area contributed by atoms with E-state index in [-0.39, 0.29) is 6.42 Å². The predicted octanol–water partition coefficient (Wildman–Crippen LogP) is 2.33. The van der Waals surface area contributed by atoms with Crippen molar-refractivity contribution in [3.05, 3.63) is 34.0 Å². The Hall–Kier alpha value is -1.52. The molecule has 5 heteroatoms. The maximum atomic E-state index is 11.1. The smallest absolute Gasteiger partial charge is 0.307 e. The average Bonchev–Trinajstić information content (AvgIpc) is 2.69. The van der Waals surface area contributed by atoms with Crippen LogP contribution in [-0.4, -0.2) is 22.2 Å². The largest absolute Gasteiger partial charge is 0.481 e. The summed E-state index contributed by atoms with van der Waals surface area (Å²) in [6, 6.07) is 3.79. The number of aromatic nitrogens is 1. The minimum absolute atomic E-state index is 0.0571. The van der Waals surface area contributed by atoms with Crippen LogP contribution in [0.15, 0.2) is 12.1 Å². The van der Waals surface area contributed by atoms with Crippen LogP contribution >= 0.6 is 11.6 Å². The molecular weight excluding hydrogens is 264 g/mol. The first-order valence-corrected chi connectivity index (χ1v) is 6.69. The van der Waals surface area contributed by atoms with Gasteiger partial charge in [0.1, 0.15) is 0 Å². The monoisotopic (exact) mass is 278 g/mol. The quantitative estimate of drug-likeness (QED) is 0.886. The topological polar surface area (TPSA) is 54.3 Å². The molecule has 0 atom stereocenters. The average molecular weight is 279 g/mol. The number of hydrogen-bond donors (Lipinski definition) is 2. The van der Waals surface area contributed by atoms with Crippen molar-refractivity contribution in [3.8, 4) is 0 Å². The van der Waals surface area contributed by atoms with Gasteiger partial charge in [-0.05, 0) is 24.1 Å². The number of carboxylic acid groups (broad SMARTS) is 1. The molecular formula is C14H15ClN2O2. The van der Waals surface area contributed by atoms with Gasteiger partial charge in [0.2, 0.25) is 0 Å². The number of rotatable bonds is 2. The number of benzene rings is 1. The summed E-state index contributed by atoms with van der Waals surface area (Å²) in [5.74, 6) is -0.798. The Morgan fingerprint density at radius 3 is 3.05 bits per heavy atom. The fourth-order valence-corrected chi connectivity index (χ4v) is 3.07. The van der Waals surface area contributed by atoms with Gasteiger partial charge in [-0.3, -0.25) is 4.79 Å². The zero-order valence-corrected chi connectivity index (χ0v) is 11.4. The molecule has 0 saturated heterocycles. The van der Waals surface area contributed by atoms with Gasteiger partial charge < -0.3 is 15.0 Å². The first kappa shape index (κ1) is 12.5. The number of nitrogens with zero attached hydrogens (tertiary/aromatic N) is 1. The predicted molar refractivity (Wildman–Crippen MR) is 74.7 cm³/mol. The van der Waals surface area contributed by atoms with Crippen LogP contribution in [0.3, 0.4) is 0 Å². The van der Waals surface area contributed by atoms with Crippen LogP contribution in [0.2, 0.25) is 5.02 Å². The summed E-state index contributed by atoms with van der Waals surface area (Å²) in [5.41, 5.74) is 4.10. The fraction of sp³-hybridized carbons (Fsp3) is 0.357. The van der Waals surface area contributed by atoms with Gasteiger partial charge in [-0.25, -0.2) is 0 Å². The Morgan fingerprint density at radius 2 is 2.32 bits per heavy atom. The Morgan fingerprint density at radius 1 is 1.53 bits per heavy atom. The second-order valence-corrected chi connectivity index (χ2v) is 5.30. The number of halogens is 1. The lowest BCUT2D eigenvalue weighted by Crippen LogP contribution is -2.28. The van der Waals surface area contributed by atoms with Crippen molar-refractivity contribution in [1.82, 2.24) is 9.88 Å². The fourth-order valence-electron chi connectivity index (χ4n) is 2.92. The SMILES string of the molecule is Cc1c(Cl)ccc2c(CC(=O)O)c3n(c12)CCNC3. The van der Waals surface area contributed by atoms with Crippen molar-refractivity contribution in [1.29, 1.82) is 0 Å². The summed E-state index contributed by atoms with van der Waals surface area (Å²) in [4.78, 5) is 11.1. The second-order valence-electron chi connectivity index (χ2n) is 4.89. The Balaban J connectivity index is 2.35. The second kappa shape index (κ2) is 4.54. The summed E-state index contributed by atoms with van der Waals surface area (Å²) in [6.07, 6.45) is 0.0571. The molecule has 2 heterocycles. The molecule has 0 spiro atoms. The molecule has 1 aliphatic rings. The number of aliphatic carboxylic acids is 1. The molecule has 1 aromatic carbocycles. The highest BCUT2D eigenvalue weighted by atomic mass is 35.5. The van der Waals surface area contributed by atoms with Crippen LogP contribution in [0.25, 0.3) is 10.9 Å². The van der Waals surface area contributed by atoms with Crippen LogP contribution < -0.4 is 5.32 Å². The van der Waals surface area contributed by atoms with E-state index in [4.69, 9.17) is 16.7 Å². The molecule has 1 aromatic heterocycles. The highest BCUT2D eigenvalue weighted by Gasteiger charge is 2.22. The molecule has 3 rings (SSSR count). The zero-order chi connectivity index (χ0) is 13.6. The minimum Gasteiger partial charge on any atom is -0.481 e. The van der Waals surface area contributed by atoms with Crippen molar-refractivity contribution in [2.24, 2.45) is 0 Å². The van der Waals surface area contributed by atoms with E-state index in [1.54, 1.807) is 0 Å². The lowest BCUT2D eigenvalue weighted by Gasteiger charge is -2.19. The van der Waals surface area contributed by atoms with Crippen molar-refractivity contribution >= 4 is 28.5 Å². The van der Waals surface area contributed by atoms with Gasteiger partial charge in [0.15, 0.2) is 0 Å². The highest BCUT2D eigenvalue weighted by molar-refractivity contribution is 6.32. The minimum atomic E-state index is -0.798. The molecule has 0 saturated carbocycles. The van der Waals surface area contributed by atoms with Crippen LogP contribution in [0.5, 0.6) is 0 Å². The van der Waals surface area contributed by atoms with Crippen LogP contribution in [-0.2, 0) is 24.3 Å². The van der Waals surface area contributed by atoms with Gasteiger partial charge in [-0.2, -0.15) is 0 Å². The van der Waals surface area contributed by atoms with Gasteiger partial charge in [0.25, 0.3) is 0 Å². The van der Waals surface area contributed by atoms with Gasteiger partial charge in [-0.15, -0.1) is 0 Å². The van der Waals surface area contributed by atoms with E-state index in [1.807, 2.05) is 19.1 Å². The summed E-state index contributed by atoms with van der Waals surface area (Å²) < 4.78 is 2.21. The number of hydrogen-bond acceptors (Lipinski definition) is 2. The summed E-state index contributed by atoms with van der Waals surface area (Å²) in [7, 11) is 0. The molecule has 0 radical (unpaired) electrons. The lowest BCUT2D eigenvalue weighted by atomic mass is 10.1. The molecule has 100 valence electrons. The van der Waals surface area contributed by atoms with Gasteiger partial charge >= 0.3 is 5.97 Å². The van der Waals surface area contributed by atoms with E-state index in [0.29, 0.717) is 6.54 Å². The molecule has 0 amide bonds. The molecule has 0 aliphatic carbocycles. The van der Waals surface area contributed by atoms with E-state index in [0.717, 1.165) is 45.8 Å². The Kier molecular flexibility index (Phi) is 2.99. The highest BCUT2D eigenvalue weighted by Crippen LogP contribution is 2.33. The van der Waals surface area contributed by atoms with E-state index in [1.165, 1.54) is 0 Å². The third kappa shape index (κ3) is 1.91. The first-order chi connectivity index (χ1) is 9.09. The van der Waals surface area contributed by atoms with Gasteiger partial charge in [0.05, 0.1) is 11.9 Å². The van der Waals surface area contributed by atoms with Crippen molar-refractivity contribution < 1.29 is 9.90 Å². The van der Waals surface area contributed by atoms with E-state index >= 15 is 0 Å². The van der Waals surface area contributed by atoms with Crippen molar-refractivity contribution in [2.75, 3.05) is 6.54 Å². The van der Waals surface area contributed by atoms with Crippen molar-refractivity contribution in [2.45, 2.75) is 26.4 Å². The van der Waals surface area contributed by atoms with Gasteiger partial charge in [0, 0.05) is 35.7 Å². The number of aryl methyl sites for hydroxylation is 1. The summed E-state index contributed by atoms with van der Waals surface area (Å²) in [6.45, 7) is 4.46. The van der Waals surface area contributed by atoms with Gasteiger partial charge in [-0.1, -0.05) is 17.7 Å². The number of fused-ring (bicyclic) bond motifs is 3. The molecule has 0 unspecified atom stereocenters. The lowest BCUT2D eigenvalue weighted by molar-refractivity contribution is -0.136. The van der Waals surface area contributed by atoms with Crippen LogP contribution in [0.1, 0.15) is 16.8 Å². The maximum absolute atomic E-state index is 11.1. The van der Waals surface area contributed by atoms with E-state index in [2.05, 4.69) is 9.88 Å². The number of nitrogens with one attached hydrogen (secondary N) is 1. The molecule has 0 fully saturated rings. The zero-order valence-electron chi connectivity index (χ0n) is 10.7. The van der Waals surface area contributed by atoms with E-state index in [9.17, 15) is 4.79 Å². The standard InChI is InChI=1S/C14H15ClN2O2/c1-8-11(15)3-2-9-10(6-13(18)19)12-7-16-4-5-17(12)14(8)9/h2-3,16H,4-7H2,1H3,(H,18,19). The first-order valence-electron chi connectivity index (χ1n) is 6.31. The maximum Gasteiger partial charge on any atom is 0.307 e.